The van der Waals surface area contributed by atoms with Gasteiger partial charge < -0.3 is 19.7 Å². The molecule has 0 saturated heterocycles. The summed E-state index contributed by atoms with van der Waals surface area (Å²) in [5.41, 5.74) is 0. The number of aliphatic hydroxyl groups is 2. The van der Waals surface area contributed by atoms with Gasteiger partial charge in [-0.2, -0.15) is 0 Å². The van der Waals surface area contributed by atoms with Crippen molar-refractivity contribution >= 4 is 5.97 Å². The SMILES string of the molecule is CCC[C@@H](O)[C@H](O)[C@@H]1CC(OC)=CC(=O)O1. The van der Waals surface area contributed by atoms with E-state index in [1.54, 1.807) is 0 Å². The lowest BCUT2D eigenvalue weighted by atomic mass is 9.99. The molecule has 0 aromatic rings. The fourth-order valence-corrected chi connectivity index (χ4v) is 1.66. The van der Waals surface area contributed by atoms with E-state index in [0.29, 0.717) is 18.6 Å². The van der Waals surface area contributed by atoms with Gasteiger partial charge in [-0.15, -0.1) is 0 Å². The van der Waals surface area contributed by atoms with E-state index in [-0.39, 0.29) is 0 Å². The van der Waals surface area contributed by atoms with E-state index in [1.807, 2.05) is 6.92 Å². The van der Waals surface area contributed by atoms with Crippen molar-refractivity contribution in [1.29, 1.82) is 0 Å². The van der Waals surface area contributed by atoms with Gasteiger partial charge in [-0.3, -0.25) is 0 Å². The van der Waals surface area contributed by atoms with Crippen LogP contribution < -0.4 is 0 Å². The van der Waals surface area contributed by atoms with Crippen molar-refractivity contribution in [2.24, 2.45) is 0 Å². The lowest BCUT2D eigenvalue weighted by Crippen LogP contribution is -2.41. The summed E-state index contributed by atoms with van der Waals surface area (Å²) in [6.45, 7) is 1.91. The quantitative estimate of drug-likeness (QED) is 0.667. The molecular weight excluding hydrogens is 212 g/mol. The molecule has 1 aliphatic rings. The van der Waals surface area contributed by atoms with Crippen LogP contribution in [0.2, 0.25) is 0 Å². The molecule has 0 aromatic heterocycles. The molecular formula is C11H18O5. The number of rotatable bonds is 5. The second-order valence-electron chi connectivity index (χ2n) is 3.84. The fraction of sp³-hybridized carbons (Fsp3) is 0.727. The Morgan fingerprint density at radius 2 is 2.31 bits per heavy atom. The topological polar surface area (TPSA) is 76.0 Å². The van der Waals surface area contributed by atoms with Crippen LogP contribution in [0.3, 0.4) is 0 Å². The Balaban J connectivity index is 2.61. The second-order valence-corrected chi connectivity index (χ2v) is 3.84. The lowest BCUT2D eigenvalue weighted by Gasteiger charge is -2.29. The number of methoxy groups -OCH3 is 1. The molecule has 0 aliphatic carbocycles. The molecule has 0 saturated carbocycles. The fourth-order valence-electron chi connectivity index (χ4n) is 1.66. The van der Waals surface area contributed by atoms with Crippen molar-refractivity contribution in [3.63, 3.8) is 0 Å². The molecule has 16 heavy (non-hydrogen) atoms. The number of hydrogen-bond donors (Lipinski definition) is 2. The average Bonchev–Trinajstić information content (AvgIpc) is 2.27. The van der Waals surface area contributed by atoms with E-state index < -0.39 is 24.3 Å². The van der Waals surface area contributed by atoms with Gasteiger partial charge in [-0.25, -0.2) is 4.79 Å². The third-order valence-electron chi connectivity index (χ3n) is 2.57. The third-order valence-corrected chi connectivity index (χ3v) is 2.57. The van der Waals surface area contributed by atoms with E-state index in [2.05, 4.69) is 0 Å². The van der Waals surface area contributed by atoms with Crippen molar-refractivity contribution in [2.75, 3.05) is 7.11 Å². The summed E-state index contributed by atoms with van der Waals surface area (Å²) in [6, 6.07) is 0. The third kappa shape index (κ3) is 3.21. The van der Waals surface area contributed by atoms with Crippen LogP contribution in [-0.4, -0.2) is 41.6 Å². The maximum Gasteiger partial charge on any atom is 0.334 e. The summed E-state index contributed by atoms with van der Waals surface area (Å²) in [4.78, 5) is 11.2. The zero-order valence-corrected chi connectivity index (χ0v) is 9.55. The summed E-state index contributed by atoms with van der Waals surface area (Å²) in [5.74, 6) is -0.0835. The van der Waals surface area contributed by atoms with Crippen LogP contribution in [0.4, 0.5) is 0 Å². The zero-order valence-electron chi connectivity index (χ0n) is 9.55. The Hall–Kier alpha value is -1.07. The highest BCUT2D eigenvalue weighted by Crippen LogP contribution is 2.21. The minimum Gasteiger partial charge on any atom is -0.501 e. The van der Waals surface area contributed by atoms with Crippen molar-refractivity contribution in [3.8, 4) is 0 Å². The summed E-state index contributed by atoms with van der Waals surface area (Å²) < 4.78 is 9.89. The Morgan fingerprint density at radius 1 is 1.62 bits per heavy atom. The lowest BCUT2D eigenvalue weighted by molar-refractivity contribution is -0.157. The van der Waals surface area contributed by atoms with Gasteiger partial charge in [-0.1, -0.05) is 13.3 Å². The molecule has 2 N–H and O–H groups in total. The first-order valence-electron chi connectivity index (χ1n) is 5.39. The van der Waals surface area contributed by atoms with Crippen molar-refractivity contribution in [2.45, 2.75) is 44.5 Å². The largest absolute Gasteiger partial charge is 0.501 e. The van der Waals surface area contributed by atoms with Crippen LogP contribution in [0.5, 0.6) is 0 Å². The number of ether oxygens (including phenoxy) is 2. The molecule has 0 aromatic carbocycles. The molecule has 1 rings (SSSR count). The Labute approximate surface area is 94.7 Å². The average molecular weight is 230 g/mol. The van der Waals surface area contributed by atoms with E-state index in [4.69, 9.17) is 9.47 Å². The van der Waals surface area contributed by atoms with E-state index in [9.17, 15) is 15.0 Å². The van der Waals surface area contributed by atoms with Crippen molar-refractivity contribution in [1.82, 2.24) is 0 Å². The Kier molecular flexibility index (Phi) is 4.76. The first-order chi connectivity index (χ1) is 7.58. The van der Waals surface area contributed by atoms with Gasteiger partial charge in [-0.05, 0) is 6.42 Å². The van der Waals surface area contributed by atoms with E-state index in [0.717, 1.165) is 6.42 Å². The highest BCUT2D eigenvalue weighted by Gasteiger charge is 2.32. The minimum absolute atomic E-state index is 0.296. The van der Waals surface area contributed by atoms with Gasteiger partial charge in [0.1, 0.15) is 18.0 Å². The van der Waals surface area contributed by atoms with Gasteiger partial charge in [0.05, 0.1) is 19.3 Å². The number of carbonyl (C=O) groups excluding carboxylic acids is 1. The smallest absolute Gasteiger partial charge is 0.334 e. The number of hydrogen-bond acceptors (Lipinski definition) is 5. The van der Waals surface area contributed by atoms with Gasteiger partial charge in [0.25, 0.3) is 0 Å². The van der Waals surface area contributed by atoms with Crippen LogP contribution in [0.15, 0.2) is 11.8 Å². The molecule has 1 aliphatic heterocycles. The molecule has 0 fully saturated rings. The number of carbonyl (C=O) groups is 1. The predicted octanol–water partition coefficient (Wildman–Crippen LogP) is 0.354. The first-order valence-corrected chi connectivity index (χ1v) is 5.39. The Morgan fingerprint density at radius 3 is 2.88 bits per heavy atom. The van der Waals surface area contributed by atoms with Gasteiger partial charge in [0.2, 0.25) is 0 Å². The normalized spacial score (nSPS) is 24.4. The monoisotopic (exact) mass is 230 g/mol. The zero-order chi connectivity index (χ0) is 12.1. The molecule has 0 radical (unpaired) electrons. The molecule has 5 heteroatoms. The highest BCUT2D eigenvalue weighted by molar-refractivity contribution is 5.83. The maximum atomic E-state index is 11.2. The Bertz CT molecular complexity index is 274. The second kappa shape index (κ2) is 5.86. The van der Waals surface area contributed by atoms with Crippen LogP contribution in [0, 0.1) is 0 Å². The maximum absolute atomic E-state index is 11.2. The molecule has 0 unspecified atom stereocenters. The molecule has 5 nitrogen and oxygen atoms in total. The van der Waals surface area contributed by atoms with Crippen LogP contribution in [0.25, 0.3) is 0 Å². The van der Waals surface area contributed by atoms with Crippen molar-refractivity contribution in [3.05, 3.63) is 11.8 Å². The molecule has 0 spiro atoms. The highest BCUT2D eigenvalue weighted by atomic mass is 16.6. The number of esters is 1. The van der Waals surface area contributed by atoms with Crippen LogP contribution in [0.1, 0.15) is 26.2 Å². The standard InChI is InChI=1S/C11H18O5/c1-3-4-8(12)11(14)9-5-7(15-2)6-10(13)16-9/h6,8-9,11-12,14H,3-5H2,1-2H3/t8-,9+,11+/m1/s1. The van der Waals surface area contributed by atoms with Crippen LogP contribution >= 0.6 is 0 Å². The molecule has 92 valence electrons. The van der Waals surface area contributed by atoms with E-state index >= 15 is 0 Å². The summed E-state index contributed by atoms with van der Waals surface area (Å²) in [5, 5.41) is 19.4. The molecule has 3 atom stereocenters. The number of cyclic esters (lactones) is 1. The van der Waals surface area contributed by atoms with E-state index in [1.165, 1.54) is 13.2 Å². The molecule has 1 heterocycles. The van der Waals surface area contributed by atoms with Gasteiger partial charge in [0, 0.05) is 6.42 Å². The van der Waals surface area contributed by atoms with Gasteiger partial charge >= 0.3 is 5.97 Å². The van der Waals surface area contributed by atoms with Gasteiger partial charge in [0.15, 0.2) is 0 Å². The summed E-state index contributed by atoms with van der Waals surface area (Å²) in [7, 11) is 1.45. The summed E-state index contributed by atoms with van der Waals surface area (Å²) in [6.07, 6.45) is 0.1000. The summed E-state index contributed by atoms with van der Waals surface area (Å²) >= 11 is 0. The minimum atomic E-state index is -1.07. The van der Waals surface area contributed by atoms with Crippen LogP contribution in [-0.2, 0) is 14.3 Å². The molecule has 0 bridgehead atoms. The van der Waals surface area contributed by atoms with Crippen molar-refractivity contribution < 1.29 is 24.5 Å². The predicted molar refractivity (Wildman–Crippen MR) is 56.5 cm³/mol. The molecule has 0 amide bonds. The number of aliphatic hydroxyl groups excluding tert-OH is 2. The first kappa shape index (κ1) is 13.0.